The fourth-order valence-electron chi connectivity index (χ4n) is 1.18. The van der Waals surface area contributed by atoms with E-state index in [9.17, 15) is 9.59 Å². The normalized spacial score (nSPS) is 9.59. The Labute approximate surface area is 113 Å². The van der Waals surface area contributed by atoms with E-state index in [2.05, 4.69) is 6.58 Å². The Hall–Kier alpha value is -1.37. The third kappa shape index (κ3) is 3.85. The van der Waals surface area contributed by atoms with Crippen LogP contribution < -0.4 is 9.47 Å². The molecule has 0 spiro atoms. The lowest BCUT2D eigenvalue weighted by Crippen LogP contribution is -2.08. The number of rotatable bonds is 3. The van der Waals surface area contributed by atoms with Crippen LogP contribution in [0.5, 0.6) is 11.5 Å². The van der Waals surface area contributed by atoms with Crippen molar-refractivity contribution in [2.24, 2.45) is 0 Å². The predicted molar refractivity (Wildman–Crippen MR) is 71.9 cm³/mol. The van der Waals surface area contributed by atoms with E-state index < -0.39 is 11.9 Å². The molecule has 0 aromatic heterocycles. The molecule has 0 bridgehead atoms. The van der Waals surface area contributed by atoms with Crippen LogP contribution in [0.2, 0.25) is 0 Å². The van der Waals surface area contributed by atoms with Crippen LogP contribution in [0.25, 0.3) is 6.08 Å². The van der Waals surface area contributed by atoms with E-state index in [1.807, 2.05) is 22.6 Å². The van der Waals surface area contributed by atoms with E-state index in [0.717, 1.165) is 5.56 Å². The van der Waals surface area contributed by atoms with Gasteiger partial charge in [-0.25, -0.2) is 0 Å². The summed E-state index contributed by atoms with van der Waals surface area (Å²) in [5.74, 6) is -0.480. The van der Waals surface area contributed by atoms with E-state index >= 15 is 0 Å². The molecular weight excluding hydrogens is 335 g/mol. The molecule has 0 N–H and O–H groups in total. The van der Waals surface area contributed by atoms with Crippen molar-refractivity contribution < 1.29 is 19.1 Å². The molecule has 0 aliphatic rings. The number of carbonyl (C=O) groups is 2. The van der Waals surface area contributed by atoms with Crippen LogP contribution in [0.3, 0.4) is 0 Å². The van der Waals surface area contributed by atoms with Gasteiger partial charge in [0.05, 0.1) is 3.57 Å². The van der Waals surface area contributed by atoms with Crippen molar-refractivity contribution in [2.45, 2.75) is 13.8 Å². The highest BCUT2D eigenvalue weighted by molar-refractivity contribution is 14.1. The number of benzene rings is 1. The van der Waals surface area contributed by atoms with Gasteiger partial charge in [-0.15, -0.1) is 0 Å². The van der Waals surface area contributed by atoms with E-state index in [-0.39, 0.29) is 11.5 Å². The molecule has 5 heteroatoms. The highest BCUT2D eigenvalue weighted by Crippen LogP contribution is 2.34. The van der Waals surface area contributed by atoms with Crippen LogP contribution in [-0.2, 0) is 9.59 Å². The van der Waals surface area contributed by atoms with Crippen molar-refractivity contribution >= 4 is 40.6 Å². The van der Waals surface area contributed by atoms with Crippen LogP contribution in [-0.4, -0.2) is 11.9 Å². The van der Waals surface area contributed by atoms with Crippen molar-refractivity contribution in [2.75, 3.05) is 0 Å². The first-order chi connectivity index (χ1) is 7.93. The average molecular weight is 346 g/mol. The highest BCUT2D eigenvalue weighted by Gasteiger charge is 2.15. The summed E-state index contributed by atoms with van der Waals surface area (Å²) in [6.07, 6.45) is 1.62. The Morgan fingerprint density at radius 2 is 1.82 bits per heavy atom. The van der Waals surface area contributed by atoms with Crippen molar-refractivity contribution in [3.05, 3.63) is 27.8 Å². The second kappa shape index (κ2) is 5.81. The first-order valence-electron chi connectivity index (χ1n) is 4.77. The monoisotopic (exact) mass is 346 g/mol. The molecular formula is C12H11IO4. The Kier molecular flexibility index (Phi) is 4.68. The maximum Gasteiger partial charge on any atom is 0.308 e. The van der Waals surface area contributed by atoms with Crippen LogP contribution in [0.1, 0.15) is 19.4 Å². The Bertz CT molecular complexity index is 480. The van der Waals surface area contributed by atoms with E-state index in [1.54, 1.807) is 18.2 Å². The summed E-state index contributed by atoms with van der Waals surface area (Å²) in [5.41, 5.74) is 0.779. The third-order valence-corrected chi connectivity index (χ3v) is 2.57. The molecule has 17 heavy (non-hydrogen) atoms. The zero-order valence-electron chi connectivity index (χ0n) is 9.45. The van der Waals surface area contributed by atoms with Gasteiger partial charge in [0.1, 0.15) is 0 Å². The van der Waals surface area contributed by atoms with Crippen LogP contribution in [0, 0.1) is 3.57 Å². The van der Waals surface area contributed by atoms with Crippen molar-refractivity contribution in [1.29, 1.82) is 0 Å². The standard InChI is InChI=1S/C12H11IO4/c1-4-9-5-10(13)12(17-8(3)15)11(6-9)16-7(2)14/h4-6H,1H2,2-3H3. The molecule has 1 rings (SSSR count). The summed E-state index contributed by atoms with van der Waals surface area (Å²) in [6, 6.07) is 3.37. The molecule has 0 fully saturated rings. The summed E-state index contributed by atoms with van der Waals surface area (Å²) in [4.78, 5) is 21.9. The molecule has 0 atom stereocenters. The van der Waals surface area contributed by atoms with Gasteiger partial charge in [0.15, 0.2) is 11.5 Å². The molecule has 0 radical (unpaired) electrons. The molecule has 0 heterocycles. The number of carbonyl (C=O) groups excluding carboxylic acids is 2. The fraction of sp³-hybridized carbons (Fsp3) is 0.167. The van der Waals surface area contributed by atoms with Gasteiger partial charge in [0.2, 0.25) is 0 Å². The molecule has 0 unspecified atom stereocenters. The van der Waals surface area contributed by atoms with Crippen molar-refractivity contribution in [3.8, 4) is 11.5 Å². The minimum atomic E-state index is -0.476. The summed E-state index contributed by atoms with van der Waals surface area (Å²) >= 11 is 2.00. The fourth-order valence-corrected chi connectivity index (χ4v) is 1.91. The van der Waals surface area contributed by atoms with Gasteiger partial charge in [-0.3, -0.25) is 9.59 Å². The van der Waals surface area contributed by atoms with Crippen LogP contribution in [0.4, 0.5) is 0 Å². The van der Waals surface area contributed by atoms with Gasteiger partial charge in [-0.1, -0.05) is 12.7 Å². The van der Waals surface area contributed by atoms with Gasteiger partial charge in [-0.05, 0) is 40.3 Å². The molecule has 4 nitrogen and oxygen atoms in total. The highest BCUT2D eigenvalue weighted by atomic mass is 127. The molecule has 0 aliphatic carbocycles. The molecule has 0 saturated heterocycles. The molecule has 0 aliphatic heterocycles. The molecule has 1 aromatic carbocycles. The van der Waals surface area contributed by atoms with Crippen molar-refractivity contribution in [3.63, 3.8) is 0 Å². The third-order valence-electron chi connectivity index (χ3n) is 1.77. The SMILES string of the molecule is C=Cc1cc(I)c(OC(C)=O)c(OC(C)=O)c1. The summed E-state index contributed by atoms with van der Waals surface area (Å²) in [7, 11) is 0. The van der Waals surface area contributed by atoms with Crippen LogP contribution >= 0.6 is 22.6 Å². The Balaban J connectivity index is 3.27. The van der Waals surface area contributed by atoms with Gasteiger partial charge >= 0.3 is 11.9 Å². The topological polar surface area (TPSA) is 52.6 Å². The second-order valence-corrected chi connectivity index (χ2v) is 4.38. The Morgan fingerprint density at radius 3 is 2.29 bits per heavy atom. The van der Waals surface area contributed by atoms with Crippen LogP contribution in [0.15, 0.2) is 18.7 Å². The molecule has 90 valence electrons. The van der Waals surface area contributed by atoms with Gasteiger partial charge in [0, 0.05) is 13.8 Å². The maximum absolute atomic E-state index is 11.0. The minimum absolute atomic E-state index is 0.217. The number of hydrogen-bond donors (Lipinski definition) is 0. The lowest BCUT2D eigenvalue weighted by atomic mass is 10.2. The van der Waals surface area contributed by atoms with E-state index in [1.165, 1.54) is 13.8 Å². The zero-order valence-corrected chi connectivity index (χ0v) is 11.6. The lowest BCUT2D eigenvalue weighted by molar-refractivity contribution is -0.134. The molecule has 0 saturated carbocycles. The summed E-state index contributed by atoms with van der Waals surface area (Å²) in [5, 5.41) is 0. The number of ether oxygens (including phenoxy) is 2. The van der Waals surface area contributed by atoms with Crippen molar-refractivity contribution in [1.82, 2.24) is 0 Å². The molecule has 1 aromatic rings. The predicted octanol–water partition coefficient (Wildman–Crippen LogP) is 2.78. The Morgan fingerprint density at radius 1 is 1.24 bits per heavy atom. The van der Waals surface area contributed by atoms with E-state index in [0.29, 0.717) is 3.57 Å². The maximum atomic E-state index is 11.0. The quantitative estimate of drug-likeness (QED) is 0.480. The zero-order chi connectivity index (χ0) is 13.0. The van der Waals surface area contributed by atoms with Gasteiger partial charge < -0.3 is 9.47 Å². The largest absolute Gasteiger partial charge is 0.423 e. The first-order valence-corrected chi connectivity index (χ1v) is 5.84. The smallest absolute Gasteiger partial charge is 0.308 e. The summed E-state index contributed by atoms with van der Waals surface area (Å²) in [6.45, 7) is 6.20. The number of esters is 2. The number of hydrogen-bond acceptors (Lipinski definition) is 4. The van der Waals surface area contributed by atoms with Gasteiger partial charge in [0.25, 0.3) is 0 Å². The lowest BCUT2D eigenvalue weighted by Gasteiger charge is -2.11. The summed E-state index contributed by atoms with van der Waals surface area (Å²) < 4.78 is 10.7. The second-order valence-electron chi connectivity index (χ2n) is 3.22. The molecule has 0 amide bonds. The van der Waals surface area contributed by atoms with E-state index in [4.69, 9.17) is 9.47 Å². The first kappa shape index (κ1) is 13.7. The van der Waals surface area contributed by atoms with Gasteiger partial charge in [-0.2, -0.15) is 0 Å². The average Bonchev–Trinajstić information content (AvgIpc) is 2.21. The number of halogens is 1. The minimum Gasteiger partial charge on any atom is -0.423 e.